The molecule has 0 aromatic carbocycles. The lowest BCUT2D eigenvalue weighted by Gasteiger charge is -2.40. The zero-order valence-electron chi connectivity index (χ0n) is 12.1. The van der Waals surface area contributed by atoms with Crippen LogP contribution in [0.5, 0.6) is 0 Å². The zero-order chi connectivity index (χ0) is 14.4. The second kappa shape index (κ2) is 7.11. The molecule has 0 amide bonds. The van der Waals surface area contributed by atoms with Gasteiger partial charge in [-0.1, -0.05) is 25.7 Å². The van der Waals surface area contributed by atoms with Crippen LogP contribution in [0.3, 0.4) is 0 Å². The topological polar surface area (TPSA) is 60.2 Å². The molecular formula is C15H24FN3O. The lowest BCUT2D eigenvalue weighted by molar-refractivity contribution is -0.0784. The maximum Gasteiger partial charge on any atom is 0.141 e. The number of hydrogen-bond acceptors (Lipinski definition) is 4. The van der Waals surface area contributed by atoms with E-state index in [9.17, 15) is 4.39 Å². The van der Waals surface area contributed by atoms with Crippen LogP contribution in [-0.4, -0.2) is 17.2 Å². The smallest absolute Gasteiger partial charge is 0.141 e. The molecule has 112 valence electrons. The lowest BCUT2D eigenvalue weighted by Crippen LogP contribution is -2.48. The average molecular weight is 281 g/mol. The van der Waals surface area contributed by atoms with Crippen molar-refractivity contribution in [2.45, 2.75) is 57.1 Å². The van der Waals surface area contributed by atoms with Crippen LogP contribution in [0, 0.1) is 5.82 Å². The molecule has 4 nitrogen and oxygen atoms in total. The molecule has 20 heavy (non-hydrogen) atoms. The molecule has 1 aromatic rings. The number of rotatable bonds is 5. The highest BCUT2D eigenvalue weighted by Crippen LogP contribution is 2.40. The highest BCUT2D eigenvalue weighted by molar-refractivity contribution is 5.19. The number of ether oxygens (including phenoxy) is 1. The highest BCUT2D eigenvalue weighted by Gasteiger charge is 2.40. The summed E-state index contributed by atoms with van der Waals surface area (Å²) < 4.78 is 19.6. The van der Waals surface area contributed by atoms with Crippen LogP contribution in [0.4, 0.5) is 4.39 Å². The maximum absolute atomic E-state index is 13.4. The zero-order valence-corrected chi connectivity index (χ0v) is 12.1. The van der Waals surface area contributed by atoms with Gasteiger partial charge in [0.25, 0.3) is 0 Å². The van der Waals surface area contributed by atoms with Crippen molar-refractivity contribution in [3.05, 3.63) is 29.8 Å². The van der Waals surface area contributed by atoms with Crippen LogP contribution in [-0.2, 0) is 4.74 Å². The van der Waals surface area contributed by atoms with Gasteiger partial charge in [-0.2, -0.15) is 0 Å². The molecule has 1 fully saturated rings. The Balaban J connectivity index is 2.33. The fraction of sp³-hybridized carbons (Fsp3) is 0.667. The van der Waals surface area contributed by atoms with E-state index < -0.39 is 0 Å². The third-order valence-corrected chi connectivity index (χ3v) is 4.13. The van der Waals surface area contributed by atoms with Crippen LogP contribution in [0.15, 0.2) is 18.5 Å². The molecule has 0 radical (unpaired) electrons. The summed E-state index contributed by atoms with van der Waals surface area (Å²) in [5.74, 6) is 5.43. The van der Waals surface area contributed by atoms with Crippen molar-refractivity contribution in [3.63, 3.8) is 0 Å². The summed E-state index contributed by atoms with van der Waals surface area (Å²) in [4.78, 5) is 3.94. The third-order valence-electron chi connectivity index (χ3n) is 4.13. The number of hydrazine groups is 1. The van der Waals surface area contributed by atoms with E-state index >= 15 is 0 Å². The van der Waals surface area contributed by atoms with Crippen molar-refractivity contribution < 1.29 is 9.13 Å². The summed E-state index contributed by atoms with van der Waals surface area (Å²) in [6, 6.07) is 1.26. The summed E-state index contributed by atoms with van der Waals surface area (Å²) in [5.41, 5.74) is 3.22. The van der Waals surface area contributed by atoms with Crippen molar-refractivity contribution in [2.75, 3.05) is 6.61 Å². The Labute approximate surface area is 119 Å². The number of nitrogens with one attached hydrogen (secondary N) is 1. The van der Waals surface area contributed by atoms with E-state index in [0.29, 0.717) is 6.61 Å². The summed E-state index contributed by atoms with van der Waals surface area (Å²) in [6.45, 7) is 2.62. The van der Waals surface area contributed by atoms with E-state index in [0.717, 1.165) is 31.2 Å². The van der Waals surface area contributed by atoms with Gasteiger partial charge in [-0.05, 0) is 31.4 Å². The van der Waals surface area contributed by atoms with Crippen molar-refractivity contribution in [1.82, 2.24) is 10.4 Å². The third kappa shape index (κ3) is 3.34. The van der Waals surface area contributed by atoms with Crippen LogP contribution in [0.25, 0.3) is 0 Å². The first kappa shape index (κ1) is 15.4. The van der Waals surface area contributed by atoms with Gasteiger partial charge in [-0.25, -0.2) is 4.39 Å². The predicted molar refractivity (Wildman–Crippen MR) is 76.3 cm³/mol. The summed E-state index contributed by atoms with van der Waals surface area (Å²) >= 11 is 0. The van der Waals surface area contributed by atoms with Gasteiger partial charge in [0.1, 0.15) is 5.82 Å². The molecular weight excluding hydrogens is 257 g/mol. The van der Waals surface area contributed by atoms with Gasteiger partial charge >= 0.3 is 0 Å². The SMILES string of the molecule is CCOC1(C(NN)c2cncc(F)c2)CCCCCC1. The van der Waals surface area contributed by atoms with Crippen molar-refractivity contribution in [2.24, 2.45) is 5.84 Å². The Morgan fingerprint density at radius 3 is 2.60 bits per heavy atom. The Kier molecular flexibility index (Phi) is 5.46. The van der Waals surface area contributed by atoms with E-state index in [1.54, 1.807) is 6.20 Å². The molecule has 0 saturated heterocycles. The van der Waals surface area contributed by atoms with Gasteiger partial charge in [-0.15, -0.1) is 0 Å². The molecule has 3 N–H and O–H groups in total. The fourth-order valence-corrected chi connectivity index (χ4v) is 3.27. The molecule has 2 rings (SSSR count). The Morgan fingerprint density at radius 1 is 1.35 bits per heavy atom. The summed E-state index contributed by atoms with van der Waals surface area (Å²) in [5, 5.41) is 0. The van der Waals surface area contributed by atoms with Gasteiger partial charge in [0.15, 0.2) is 0 Å². The second-order valence-corrected chi connectivity index (χ2v) is 5.45. The summed E-state index contributed by atoms with van der Waals surface area (Å²) in [6.07, 6.45) is 9.40. The Hall–Kier alpha value is -1.04. The predicted octanol–water partition coefficient (Wildman–Crippen LogP) is 2.85. The number of nitrogens with two attached hydrogens (primary N) is 1. The average Bonchev–Trinajstić information content (AvgIpc) is 2.66. The highest BCUT2D eigenvalue weighted by atomic mass is 19.1. The van der Waals surface area contributed by atoms with E-state index in [1.165, 1.54) is 25.1 Å². The van der Waals surface area contributed by atoms with Gasteiger partial charge in [0, 0.05) is 12.8 Å². The van der Waals surface area contributed by atoms with Crippen LogP contribution in [0.2, 0.25) is 0 Å². The quantitative estimate of drug-likeness (QED) is 0.495. The standard InChI is InChI=1S/C15H24FN3O/c1-2-20-15(7-5-3-4-6-8-15)14(19-17)12-9-13(16)11-18-10-12/h9-11,14,19H,2-8,17H2,1H3. The summed E-state index contributed by atoms with van der Waals surface area (Å²) in [7, 11) is 0. The molecule has 0 spiro atoms. The Morgan fingerprint density at radius 2 is 2.05 bits per heavy atom. The first-order valence-electron chi connectivity index (χ1n) is 7.42. The number of pyridine rings is 1. The van der Waals surface area contributed by atoms with E-state index in [1.807, 2.05) is 6.92 Å². The molecule has 5 heteroatoms. The molecule has 1 aliphatic carbocycles. The van der Waals surface area contributed by atoms with E-state index in [4.69, 9.17) is 10.6 Å². The number of hydrogen-bond donors (Lipinski definition) is 2. The first-order valence-corrected chi connectivity index (χ1v) is 7.42. The van der Waals surface area contributed by atoms with Gasteiger partial charge < -0.3 is 4.74 Å². The molecule has 1 aliphatic rings. The minimum atomic E-state index is -0.366. The van der Waals surface area contributed by atoms with Crippen LogP contribution >= 0.6 is 0 Å². The van der Waals surface area contributed by atoms with Gasteiger partial charge in [0.05, 0.1) is 17.8 Å². The molecule has 1 unspecified atom stereocenters. The molecule has 0 aliphatic heterocycles. The number of nitrogens with zero attached hydrogens (tertiary/aromatic N) is 1. The lowest BCUT2D eigenvalue weighted by atomic mass is 9.83. The van der Waals surface area contributed by atoms with Crippen LogP contribution in [0.1, 0.15) is 57.1 Å². The first-order chi connectivity index (χ1) is 9.72. The number of aromatic nitrogens is 1. The van der Waals surface area contributed by atoms with Crippen molar-refractivity contribution >= 4 is 0 Å². The minimum Gasteiger partial charge on any atom is -0.373 e. The van der Waals surface area contributed by atoms with Crippen molar-refractivity contribution in [1.29, 1.82) is 0 Å². The Bertz CT molecular complexity index is 419. The van der Waals surface area contributed by atoms with Gasteiger partial charge in [0.2, 0.25) is 0 Å². The monoisotopic (exact) mass is 281 g/mol. The second-order valence-electron chi connectivity index (χ2n) is 5.45. The fourth-order valence-electron chi connectivity index (χ4n) is 3.27. The maximum atomic E-state index is 13.4. The molecule has 1 heterocycles. The molecule has 1 saturated carbocycles. The molecule has 1 atom stereocenters. The number of halogens is 1. The van der Waals surface area contributed by atoms with Crippen LogP contribution < -0.4 is 11.3 Å². The normalized spacial score (nSPS) is 20.4. The largest absolute Gasteiger partial charge is 0.373 e. The van der Waals surface area contributed by atoms with Crippen molar-refractivity contribution in [3.8, 4) is 0 Å². The molecule has 0 bridgehead atoms. The van der Waals surface area contributed by atoms with Gasteiger partial charge in [-0.3, -0.25) is 16.3 Å². The minimum absolute atomic E-state index is 0.233. The van der Waals surface area contributed by atoms with E-state index in [-0.39, 0.29) is 17.5 Å². The van der Waals surface area contributed by atoms with E-state index in [2.05, 4.69) is 10.4 Å². The molecule has 1 aromatic heterocycles.